The molecular formula is C14H16FN3O2S. The second kappa shape index (κ2) is 6.19. The van der Waals surface area contributed by atoms with Crippen LogP contribution in [0.3, 0.4) is 0 Å². The lowest BCUT2D eigenvalue weighted by Gasteiger charge is -2.10. The van der Waals surface area contributed by atoms with Gasteiger partial charge in [0.2, 0.25) is 0 Å². The van der Waals surface area contributed by atoms with E-state index in [2.05, 4.69) is 15.0 Å². The first-order valence-corrected chi connectivity index (χ1v) is 7.79. The summed E-state index contributed by atoms with van der Waals surface area (Å²) in [6.07, 6.45) is 1.52. The van der Waals surface area contributed by atoms with Crippen LogP contribution in [0.15, 0.2) is 41.4 Å². The van der Waals surface area contributed by atoms with Gasteiger partial charge in [0.1, 0.15) is 5.82 Å². The fourth-order valence-corrected chi connectivity index (χ4v) is 2.97. The maximum atomic E-state index is 13.6. The normalized spacial score (nSPS) is 11.4. The summed E-state index contributed by atoms with van der Waals surface area (Å²) in [6.45, 7) is 2.02. The molecular weight excluding hydrogens is 293 g/mol. The molecule has 0 aliphatic rings. The number of anilines is 1. The number of rotatable bonds is 5. The van der Waals surface area contributed by atoms with Crippen LogP contribution < -0.4 is 10.0 Å². The number of aromatic nitrogens is 1. The summed E-state index contributed by atoms with van der Waals surface area (Å²) in [6, 6.07) is 6.89. The minimum Gasteiger partial charge on any atom is -0.316 e. The van der Waals surface area contributed by atoms with Crippen molar-refractivity contribution in [2.75, 3.05) is 11.8 Å². The number of nitrogens with one attached hydrogen (secondary N) is 2. The molecule has 7 heteroatoms. The van der Waals surface area contributed by atoms with Crippen molar-refractivity contribution in [1.82, 2.24) is 10.3 Å². The summed E-state index contributed by atoms with van der Waals surface area (Å²) in [5, 5.41) is 2.80. The molecule has 5 nitrogen and oxygen atoms in total. The van der Waals surface area contributed by atoms with Crippen molar-refractivity contribution in [2.24, 2.45) is 0 Å². The van der Waals surface area contributed by atoms with E-state index in [0.29, 0.717) is 16.9 Å². The molecule has 0 radical (unpaired) electrons. The number of hydrogen-bond acceptors (Lipinski definition) is 4. The van der Waals surface area contributed by atoms with Crippen LogP contribution in [0.25, 0.3) is 0 Å². The number of aryl methyl sites for hydroxylation is 1. The molecule has 1 aromatic carbocycles. The van der Waals surface area contributed by atoms with Crippen LogP contribution in [-0.4, -0.2) is 20.4 Å². The van der Waals surface area contributed by atoms with Crippen molar-refractivity contribution < 1.29 is 12.8 Å². The van der Waals surface area contributed by atoms with Crippen molar-refractivity contribution in [3.05, 3.63) is 53.6 Å². The molecule has 1 heterocycles. The molecule has 0 saturated heterocycles. The number of sulfonamides is 1. The van der Waals surface area contributed by atoms with E-state index in [1.807, 2.05) is 0 Å². The van der Waals surface area contributed by atoms with E-state index in [0.717, 1.165) is 6.07 Å². The maximum Gasteiger partial charge on any atom is 0.261 e. The number of nitrogens with zero attached hydrogens (tertiary/aromatic N) is 1. The Morgan fingerprint density at radius 3 is 2.67 bits per heavy atom. The van der Waals surface area contributed by atoms with Crippen LogP contribution in [0.2, 0.25) is 0 Å². The summed E-state index contributed by atoms with van der Waals surface area (Å²) < 4.78 is 40.6. The minimum absolute atomic E-state index is 0.0172. The van der Waals surface area contributed by atoms with Crippen LogP contribution in [0.5, 0.6) is 0 Å². The minimum atomic E-state index is -3.76. The van der Waals surface area contributed by atoms with E-state index in [1.54, 1.807) is 26.1 Å². The highest BCUT2D eigenvalue weighted by molar-refractivity contribution is 7.92. The van der Waals surface area contributed by atoms with Crippen LogP contribution >= 0.6 is 0 Å². The average molecular weight is 309 g/mol. The largest absolute Gasteiger partial charge is 0.316 e. The van der Waals surface area contributed by atoms with Crippen LogP contribution in [-0.2, 0) is 16.6 Å². The first-order valence-electron chi connectivity index (χ1n) is 6.31. The van der Waals surface area contributed by atoms with Crippen LogP contribution in [0.4, 0.5) is 10.1 Å². The molecule has 0 saturated carbocycles. The monoisotopic (exact) mass is 309 g/mol. The highest BCUT2D eigenvalue weighted by Crippen LogP contribution is 2.19. The summed E-state index contributed by atoms with van der Waals surface area (Å²) in [7, 11) is -2.09. The lowest BCUT2D eigenvalue weighted by molar-refractivity contribution is 0.592. The van der Waals surface area contributed by atoms with Gasteiger partial charge in [0.05, 0.1) is 10.6 Å². The van der Waals surface area contributed by atoms with Gasteiger partial charge in [-0.3, -0.25) is 9.71 Å². The topological polar surface area (TPSA) is 71.1 Å². The Hall–Kier alpha value is -1.99. The Bertz CT molecular complexity index is 748. The SMILES string of the molecule is CNCc1cc(S(=O)(=O)Nc2ccnc(C)c2)ccc1F. The molecule has 2 aromatic rings. The third-order valence-corrected chi connectivity index (χ3v) is 4.22. The molecule has 0 aliphatic carbocycles. The number of hydrogen-bond donors (Lipinski definition) is 2. The van der Waals surface area contributed by atoms with Gasteiger partial charge >= 0.3 is 0 Å². The van der Waals surface area contributed by atoms with Gasteiger partial charge in [-0.1, -0.05) is 0 Å². The van der Waals surface area contributed by atoms with Gasteiger partial charge in [0.15, 0.2) is 0 Å². The molecule has 2 N–H and O–H groups in total. The van der Waals surface area contributed by atoms with Crippen molar-refractivity contribution in [1.29, 1.82) is 0 Å². The molecule has 0 atom stereocenters. The van der Waals surface area contributed by atoms with Gasteiger partial charge in [0, 0.05) is 24.0 Å². The number of pyridine rings is 1. The van der Waals surface area contributed by atoms with E-state index in [4.69, 9.17) is 0 Å². The van der Waals surface area contributed by atoms with Crippen molar-refractivity contribution >= 4 is 15.7 Å². The summed E-state index contributed by atoms with van der Waals surface area (Å²) in [4.78, 5) is 4.02. The maximum absolute atomic E-state index is 13.6. The van der Waals surface area contributed by atoms with Gasteiger partial charge in [0.25, 0.3) is 10.0 Å². The second-order valence-corrected chi connectivity index (χ2v) is 6.26. The highest BCUT2D eigenvalue weighted by Gasteiger charge is 2.16. The van der Waals surface area contributed by atoms with E-state index in [1.165, 1.54) is 18.3 Å². The van der Waals surface area contributed by atoms with E-state index >= 15 is 0 Å². The van der Waals surface area contributed by atoms with Crippen LogP contribution in [0, 0.1) is 12.7 Å². The Labute approximate surface area is 123 Å². The molecule has 0 unspecified atom stereocenters. The van der Waals surface area contributed by atoms with Crippen molar-refractivity contribution in [3.8, 4) is 0 Å². The summed E-state index contributed by atoms with van der Waals surface area (Å²) in [5.41, 5.74) is 1.42. The molecule has 0 amide bonds. The smallest absolute Gasteiger partial charge is 0.261 e. The summed E-state index contributed by atoms with van der Waals surface area (Å²) >= 11 is 0. The van der Waals surface area contributed by atoms with Gasteiger partial charge in [-0.25, -0.2) is 12.8 Å². The molecule has 1 aromatic heterocycles. The molecule has 0 aliphatic heterocycles. The average Bonchev–Trinajstić information content (AvgIpc) is 2.41. The predicted molar refractivity (Wildman–Crippen MR) is 78.9 cm³/mol. The predicted octanol–water partition coefficient (Wildman–Crippen LogP) is 2.05. The lowest BCUT2D eigenvalue weighted by atomic mass is 10.2. The first-order chi connectivity index (χ1) is 9.92. The van der Waals surface area contributed by atoms with Gasteiger partial charge < -0.3 is 5.32 Å². The molecule has 112 valence electrons. The van der Waals surface area contributed by atoms with Crippen molar-refractivity contribution in [3.63, 3.8) is 0 Å². The highest BCUT2D eigenvalue weighted by atomic mass is 32.2. The zero-order valence-corrected chi connectivity index (χ0v) is 12.5. The Morgan fingerprint density at radius 2 is 2.00 bits per heavy atom. The van der Waals surface area contributed by atoms with Crippen LogP contribution in [0.1, 0.15) is 11.3 Å². The molecule has 0 spiro atoms. The Balaban J connectivity index is 2.33. The van der Waals surface area contributed by atoms with E-state index < -0.39 is 15.8 Å². The molecule has 0 bridgehead atoms. The number of benzene rings is 1. The fraction of sp³-hybridized carbons (Fsp3) is 0.214. The molecule has 21 heavy (non-hydrogen) atoms. The third-order valence-electron chi connectivity index (χ3n) is 2.84. The van der Waals surface area contributed by atoms with Gasteiger partial charge in [-0.2, -0.15) is 0 Å². The van der Waals surface area contributed by atoms with E-state index in [9.17, 15) is 12.8 Å². The number of halogens is 1. The fourth-order valence-electron chi connectivity index (χ4n) is 1.87. The second-order valence-electron chi connectivity index (χ2n) is 4.57. The standard InChI is InChI=1S/C14H16FN3O2S/c1-10-7-12(5-6-17-10)18-21(19,20)13-3-4-14(15)11(8-13)9-16-2/h3-8,16H,9H2,1-2H3,(H,17,18). The Morgan fingerprint density at radius 1 is 1.24 bits per heavy atom. The lowest BCUT2D eigenvalue weighted by Crippen LogP contribution is -2.15. The molecule has 0 fully saturated rings. The van der Waals surface area contributed by atoms with Crippen molar-refractivity contribution in [2.45, 2.75) is 18.4 Å². The molecule has 2 rings (SSSR count). The first kappa shape index (κ1) is 15.4. The van der Waals surface area contributed by atoms with Gasteiger partial charge in [-0.15, -0.1) is 0 Å². The zero-order valence-electron chi connectivity index (χ0n) is 11.7. The summed E-state index contributed by atoms with van der Waals surface area (Å²) in [5.74, 6) is -0.442. The Kier molecular flexibility index (Phi) is 4.54. The third kappa shape index (κ3) is 3.77. The zero-order chi connectivity index (χ0) is 15.5. The quantitative estimate of drug-likeness (QED) is 0.887. The van der Waals surface area contributed by atoms with E-state index in [-0.39, 0.29) is 11.4 Å². The van der Waals surface area contributed by atoms with Gasteiger partial charge in [-0.05, 0) is 44.3 Å².